The van der Waals surface area contributed by atoms with Gasteiger partial charge in [0.05, 0.1) is 35.0 Å². The van der Waals surface area contributed by atoms with Crippen LogP contribution in [-0.4, -0.2) is 30.4 Å². The molecule has 19 heavy (non-hydrogen) atoms. The second kappa shape index (κ2) is 4.62. The van der Waals surface area contributed by atoms with Crippen LogP contribution in [0.1, 0.15) is 30.1 Å². The van der Waals surface area contributed by atoms with E-state index in [2.05, 4.69) is 0 Å². The van der Waals surface area contributed by atoms with Gasteiger partial charge in [0, 0.05) is 0 Å². The van der Waals surface area contributed by atoms with Crippen LogP contribution < -0.4 is 4.90 Å². The minimum absolute atomic E-state index is 0.00307. The van der Waals surface area contributed by atoms with Crippen molar-refractivity contribution >= 4 is 29.0 Å². The Hall–Kier alpha value is -1.39. The topological polar surface area (TPSA) is 46.6 Å². The van der Waals surface area contributed by atoms with Gasteiger partial charge in [-0.25, -0.2) is 0 Å². The fourth-order valence-electron chi connectivity index (χ4n) is 2.71. The molecule has 5 heteroatoms. The Bertz CT molecular complexity index is 558. The highest BCUT2D eigenvalue weighted by Gasteiger charge is 2.39. The number of ketones is 1. The molecule has 0 saturated carbocycles. The van der Waals surface area contributed by atoms with Crippen LogP contribution in [0.2, 0.25) is 5.02 Å². The van der Waals surface area contributed by atoms with Crippen molar-refractivity contribution in [2.24, 2.45) is 0 Å². The number of carbonyl (C=O) groups is 2. The molecule has 1 saturated heterocycles. The van der Waals surface area contributed by atoms with Crippen LogP contribution in [-0.2, 0) is 9.53 Å². The number of rotatable bonds is 2. The van der Waals surface area contributed by atoms with E-state index in [0.717, 1.165) is 12.8 Å². The van der Waals surface area contributed by atoms with Crippen LogP contribution in [0.25, 0.3) is 0 Å². The van der Waals surface area contributed by atoms with E-state index in [1.165, 1.54) is 4.90 Å². The third-order valence-corrected chi connectivity index (χ3v) is 3.97. The van der Waals surface area contributed by atoms with E-state index in [-0.39, 0.29) is 12.2 Å². The first kappa shape index (κ1) is 12.6. The SMILES string of the molecule is CC1CCC(CN2C(=O)C(=O)c3c(Cl)cccc32)O1. The summed E-state index contributed by atoms with van der Waals surface area (Å²) in [5, 5.41) is 0.332. The number of hydrogen-bond donors (Lipinski definition) is 0. The Kier molecular flexibility index (Phi) is 3.07. The van der Waals surface area contributed by atoms with E-state index in [4.69, 9.17) is 16.3 Å². The normalized spacial score (nSPS) is 26.1. The van der Waals surface area contributed by atoms with Crippen LogP contribution in [0, 0.1) is 0 Å². The molecule has 2 heterocycles. The smallest absolute Gasteiger partial charge is 0.299 e. The molecule has 0 spiro atoms. The molecule has 1 aromatic rings. The van der Waals surface area contributed by atoms with Gasteiger partial charge in [-0.15, -0.1) is 0 Å². The van der Waals surface area contributed by atoms with E-state index in [9.17, 15) is 9.59 Å². The van der Waals surface area contributed by atoms with Crippen LogP contribution >= 0.6 is 11.6 Å². The van der Waals surface area contributed by atoms with E-state index < -0.39 is 11.7 Å². The summed E-state index contributed by atoms with van der Waals surface area (Å²) < 4.78 is 5.71. The van der Waals surface area contributed by atoms with Crippen molar-refractivity contribution in [3.63, 3.8) is 0 Å². The highest BCUT2D eigenvalue weighted by atomic mass is 35.5. The standard InChI is InChI=1S/C14H14ClNO3/c1-8-5-6-9(19-8)7-16-11-4-2-3-10(15)12(11)13(17)14(16)18/h2-4,8-9H,5-7H2,1H3. The summed E-state index contributed by atoms with van der Waals surface area (Å²) in [4.78, 5) is 25.5. The predicted octanol–water partition coefficient (Wildman–Crippen LogP) is 2.44. The molecule has 0 radical (unpaired) electrons. The van der Waals surface area contributed by atoms with Gasteiger partial charge in [-0.3, -0.25) is 9.59 Å². The zero-order valence-corrected chi connectivity index (χ0v) is 11.3. The molecule has 0 aliphatic carbocycles. The zero-order valence-electron chi connectivity index (χ0n) is 10.6. The first-order valence-corrected chi connectivity index (χ1v) is 6.76. The number of anilines is 1. The number of benzene rings is 1. The Labute approximate surface area is 116 Å². The molecule has 2 unspecified atom stereocenters. The Morgan fingerprint density at radius 2 is 2.16 bits per heavy atom. The summed E-state index contributed by atoms with van der Waals surface area (Å²) in [5.41, 5.74) is 0.922. The van der Waals surface area contributed by atoms with Gasteiger partial charge in [-0.05, 0) is 31.9 Å². The monoisotopic (exact) mass is 279 g/mol. The lowest BCUT2D eigenvalue weighted by Crippen LogP contribution is -2.36. The maximum atomic E-state index is 12.0. The first-order chi connectivity index (χ1) is 9.08. The number of Topliss-reactive ketones (excluding diaryl/α,β-unsaturated/α-hetero) is 1. The van der Waals surface area contributed by atoms with Crippen molar-refractivity contribution in [3.05, 3.63) is 28.8 Å². The summed E-state index contributed by atoms with van der Waals surface area (Å²) in [7, 11) is 0. The summed E-state index contributed by atoms with van der Waals surface area (Å²) >= 11 is 6.00. The first-order valence-electron chi connectivity index (χ1n) is 6.38. The van der Waals surface area contributed by atoms with Gasteiger partial charge in [0.15, 0.2) is 0 Å². The van der Waals surface area contributed by atoms with E-state index in [1.54, 1.807) is 18.2 Å². The second-order valence-corrected chi connectivity index (χ2v) is 5.43. The van der Waals surface area contributed by atoms with E-state index in [1.807, 2.05) is 6.92 Å². The number of nitrogens with zero attached hydrogens (tertiary/aromatic N) is 1. The molecule has 1 fully saturated rings. The van der Waals surface area contributed by atoms with Gasteiger partial charge < -0.3 is 9.64 Å². The molecule has 2 atom stereocenters. The Morgan fingerprint density at radius 3 is 2.84 bits per heavy atom. The van der Waals surface area contributed by atoms with Crippen molar-refractivity contribution < 1.29 is 14.3 Å². The molecular weight excluding hydrogens is 266 g/mol. The van der Waals surface area contributed by atoms with Crippen molar-refractivity contribution in [1.29, 1.82) is 0 Å². The summed E-state index contributed by atoms with van der Waals surface area (Å²) in [6.45, 7) is 2.43. The number of hydrogen-bond acceptors (Lipinski definition) is 3. The molecule has 2 aliphatic heterocycles. The number of ether oxygens (including phenoxy) is 1. The minimum atomic E-state index is -0.522. The molecule has 0 bridgehead atoms. The van der Waals surface area contributed by atoms with Crippen LogP contribution in [0.5, 0.6) is 0 Å². The fraction of sp³-hybridized carbons (Fsp3) is 0.429. The van der Waals surface area contributed by atoms with E-state index in [0.29, 0.717) is 22.8 Å². The van der Waals surface area contributed by atoms with Crippen molar-refractivity contribution in [1.82, 2.24) is 0 Å². The second-order valence-electron chi connectivity index (χ2n) is 5.02. The molecule has 0 N–H and O–H groups in total. The molecule has 1 aromatic carbocycles. The summed E-state index contributed by atoms with van der Waals surface area (Å²) in [6, 6.07) is 5.13. The quantitative estimate of drug-likeness (QED) is 0.781. The molecule has 3 rings (SSSR count). The van der Waals surface area contributed by atoms with Crippen LogP contribution in [0.3, 0.4) is 0 Å². The maximum absolute atomic E-state index is 12.0. The van der Waals surface area contributed by atoms with Gasteiger partial charge in [0.1, 0.15) is 0 Å². The average Bonchev–Trinajstić information content (AvgIpc) is 2.88. The van der Waals surface area contributed by atoms with E-state index >= 15 is 0 Å². The van der Waals surface area contributed by atoms with Crippen molar-refractivity contribution in [3.8, 4) is 0 Å². The fourth-order valence-corrected chi connectivity index (χ4v) is 2.96. The van der Waals surface area contributed by atoms with Gasteiger partial charge in [0.2, 0.25) is 0 Å². The third-order valence-electron chi connectivity index (χ3n) is 3.66. The highest BCUT2D eigenvalue weighted by Crippen LogP contribution is 2.35. The lowest BCUT2D eigenvalue weighted by atomic mass is 10.1. The average molecular weight is 280 g/mol. The number of carbonyl (C=O) groups excluding carboxylic acids is 2. The lowest BCUT2D eigenvalue weighted by molar-refractivity contribution is -0.114. The van der Waals surface area contributed by atoms with Gasteiger partial charge in [0.25, 0.3) is 11.7 Å². The van der Waals surface area contributed by atoms with Crippen molar-refractivity contribution in [2.75, 3.05) is 11.4 Å². The number of amides is 1. The Balaban J connectivity index is 1.89. The molecular formula is C14H14ClNO3. The molecule has 4 nitrogen and oxygen atoms in total. The number of halogens is 1. The molecule has 100 valence electrons. The third kappa shape index (κ3) is 2.05. The number of fused-ring (bicyclic) bond motifs is 1. The maximum Gasteiger partial charge on any atom is 0.299 e. The lowest BCUT2D eigenvalue weighted by Gasteiger charge is -2.20. The van der Waals surface area contributed by atoms with Gasteiger partial charge in [-0.2, -0.15) is 0 Å². The summed E-state index contributed by atoms with van der Waals surface area (Å²) in [6.07, 6.45) is 2.12. The molecule has 1 amide bonds. The molecule has 2 aliphatic rings. The van der Waals surface area contributed by atoms with Crippen LogP contribution in [0.4, 0.5) is 5.69 Å². The zero-order chi connectivity index (χ0) is 13.6. The van der Waals surface area contributed by atoms with Crippen molar-refractivity contribution in [2.45, 2.75) is 32.0 Å². The Morgan fingerprint density at radius 1 is 1.37 bits per heavy atom. The predicted molar refractivity (Wildman–Crippen MR) is 71.7 cm³/mol. The summed E-state index contributed by atoms with van der Waals surface area (Å²) in [5.74, 6) is -1.03. The highest BCUT2D eigenvalue weighted by molar-refractivity contribution is 6.55. The van der Waals surface area contributed by atoms with Gasteiger partial charge >= 0.3 is 0 Å². The largest absolute Gasteiger partial charge is 0.373 e. The van der Waals surface area contributed by atoms with Gasteiger partial charge in [-0.1, -0.05) is 17.7 Å². The molecule has 0 aromatic heterocycles. The minimum Gasteiger partial charge on any atom is -0.373 e. The van der Waals surface area contributed by atoms with Crippen LogP contribution in [0.15, 0.2) is 18.2 Å².